The fraction of sp³-hybridized carbons (Fsp3) is 0.176. The van der Waals surface area contributed by atoms with Gasteiger partial charge < -0.3 is 5.73 Å². The third kappa shape index (κ3) is 2.51. The second kappa shape index (κ2) is 5.67. The molecule has 2 heterocycles. The maximum absolute atomic E-state index is 14.1. The molecule has 24 heavy (non-hydrogen) atoms. The zero-order valence-corrected chi connectivity index (χ0v) is 13.0. The Labute approximate surface area is 135 Å². The molecule has 0 unspecified atom stereocenters. The Morgan fingerprint density at radius 3 is 2.50 bits per heavy atom. The molecule has 3 aromatic rings. The zero-order valence-electron chi connectivity index (χ0n) is 13.0. The molecule has 0 atom stereocenters. The average molecular weight is 333 g/mol. The number of nitrogens with two attached hydrogens (primary N) is 1. The predicted molar refractivity (Wildman–Crippen MR) is 83.1 cm³/mol. The number of halogens is 3. The van der Waals surface area contributed by atoms with Crippen molar-refractivity contribution in [1.82, 2.24) is 9.61 Å². The van der Waals surface area contributed by atoms with Crippen molar-refractivity contribution in [3.05, 3.63) is 59.0 Å². The van der Waals surface area contributed by atoms with Gasteiger partial charge in [-0.2, -0.15) is 5.10 Å². The molecule has 1 amide bonds. The number of rotatable bonds is 3. The van der Waals surface area contributed by atoms with Crippen molar-refractivity contribution in [3.63, 3.8) is 0 Å². The molecule has 0 fully saturated rings. The van der Waals surface area contributed by atoms with Gasteiger partial charge >= 0.3 is 0 Å². The topological polar surface area (TPSA) is 60.4 Å². The fourth-order valence-corrected chi connectivity index (χ4v) is 2.62. The van der Waals surface area contributed by atoms with Gasteiger partial charge in [-0.1, -0.05) is 13.8 Å². The molecule has 0 saturated carbocycles. The first kappa shape index (κ1) is 16.0. The Morgan fingerprint density at radius 2 is 1.88 bits per heavy atom. The summed E-state index contributed by atoms with van der Waals surface area (Å²) in [6, 6.07) is 5.96. The number of hydrogen-bond acceptors (Lipinski definition) is 2. The van der Waals surface area contributed by atoms with Crippen molar-refractivity contribution >= 4 is 11.4 Å². The third-order valence-electron chi connectivity index (χ3n) is 3.74. The fourth-order valence-electron chi connectivity index (χ4n) is 2.62. The lowest BCUT2D eigenvalue weighted by Gasteiger charge is -2.12. The maximum Gasteiger partial charge on any atom is 0.250 e. The molecule has 0 saturated heterocycles. The molecule has 7 heteroatoms. The van der Waals surface area contributed by atoms with Crippen molar-refractivity contribution in [2.45, 2.75) is 19.8 Å². The number of primary amides is 1. The minimum atomic E-state index is -1.28. The summed E-state index contributed by atoms with van der Waals surface area (Å²) < 4.78 is 42.4. The first-order valence-electron chi connectivity index (χ1n) is 7.27. The molecule has 0 aliphatic rings. The number of hydrogen-bond donors (Lipinski definition) is 1. The van der Waals surface area contributed by atoms with Crippen molar-refractivity contribution < 1.29 is 18.0 Å². The van der Waals surface area contributed by atoms with Crippen LogP contribution in [0, 0.1) is 17.5 Å². The first-order valence-corrected chi connectivity index (χ1v) is 7.27. The SMILES string of the molecule is CC(C)c1nn2c(-c3cc(F)cc(F)c3F)ccc2cc1C(N)=O. The van der Waals surface area contributed by atoms with E-state index < -0.39 is 23.4 Å². The summed E-state index contributed by atoms with van der Waals surface area (Å²) in [4.78, 5) is 11.6. The number of aromatic nitrogens is 2. The molecule has 0 bridgehead atoms. The molecule has 0 aliphatic carbocycles. The van der Waals surface area contributed by atoms with E-state index in [1.807, 2.05) is 13.8 Å². The highest BCUT2D eigenvalue weighted by Gasteiger charge is 2.20. The normalized spacial score (nSPS) is 11.4. The van der Waals surface area contributed by atoms with Crippen LogP contribution in [0.4, 0.5) is 13.2 Å². The number of fused-ring (bicyclic) bond motifs is 1. The van der Waals surface area contributed by atoms with Crippen LogP contribution in [0.15, 0.2) is 30.3 Å². The van der Waals surface area contributed by atoms with E-state index in [4.69, 9.17) is 5.73 Å². The molecule has 0 radical (unpaired) electrons. The highest BCUT2D eigenvalue weighted by atomic mass is 19.2. The summed E-state index contributed by atoms with van der Waals surface area (Å²) in [5.41, 5.74) is 6.45. The van der Waals surface area contributed by atoms with Crippen LogP contribution in [-0.2, 0) is 0 Å². The van der Waals surface area contributed by atoms with E-state index in [0.29, 0.717) is 17.3 Å². The second-order valence-electron chi connectivity index (χ2n) is 5.77. The monoisotopic (exact) mass is 333 g/mol. The minimum Gasteiger partial charge on any atom is -0.366 e. The molecule has 4 nitrogen and oxygen atoms in total. The summed E-state index contributed by atoms with van der Waals surface area (Å²) in [5, 5.41) is 4.34. The van der Waals surface area contributed by atoms with E-state index in [-0.39, 0.29) is 22.7 Å². The highest BCUT2D eigenvalue weighted by molar-refractivity contribution is 5.95. The van der Waals surface area contributed by atoms with E-state index in [1.54, 1.807) is 6.07 Å². The van der Waals surface area contributed by atoms with Gasteiger partial charge in [0.2, 0.25) is 0 Å². The number of carbonyl (C=O) groups is 1. The van der Waals surface area contributed by atoms with Crippen molar-refractivity contribution in [1.29, 1.82) is 0 Å². The van der Waals surface area contributed by atoms with Crippen LogP contribution >= 0.6 is 0 Å². The van der Waals surface area contributed by atoms with Gasteiger partial charge in [-0.25, -0.2) is 17.7 Å². The molecule has 3 rings (SSSR count). The van der Waals surface area contributed by atoms with Crippen molar-refractivity contribution in [3.8, 4) is 11.3 Å². The largest absolute Gasteiger partial charge is 0.366 e. The van der Waals surface area contributed by atoms with E-state index in [0.717, 1.165) is 6.07 Å². The van der Waals surface area contributed by atoms with Crippen LogP contribution in [0.2, 0.25) is 0 Å². The number of carbonyl (C=O) groups excluding carboxylic acids is 1. The van der Waals surface area contributed by atoms with Gasteiger partial charge in [-0.3, -0.25) is 4.79 Å². The van der Waals surface area contributed by atoms with Gasteiger partial charge in [0, 0.05) is 11.6 Å². The van der Waals surface area contributed by atoms with Crippen LogP contribution in [-0.4, -0.2) is 15.5 Å². The van der Waals surface area contributed by atoms with Gasteiger partial charge in [0.1, 0.15) is 5.82 Å². The van der Waals surface area contributed by atoms with Crippen molar-refractivity contribution in [2.24, 2.45) is 5.73 Å². The van der Waals surface area contributed by atoms with Gasteiger partial charge in [0.15, 0.2) is 11.6 Å². The quantitative estimate of drug-likeness (QED) is 0.744. The Kier molecular flexibility index (Phi) is 3.79. The molecule has 2 aromatic heterocycles. The Morgan fingerprint density at radius 1 is 1.17 bits per heavy atom. The maximum atomic E-state index is 14.1. The molecule has 0 aliphatic heterocycles. The molecule has 2 N–H and O–H groups in total. The van der Waals surface area contributed by atoms with E-state index in [9.17, 15) is 18.0 Å². The van der Waals surface area contributed by atoms with Crippen LogP contribution < -0.4 is 5.73 Å². The second-order valence-corrected chi connectivity index (χ2v) is 5.77. The molecule has 1 aromatic carbocycles. The van der Waals surface area contributed by atoms with E-state index in [1.165, 1.54) is 16.6 Å². The summed E-state index contributed by atoms with van der Waals surface area (Å²) in [5.74, 6) is -4.08. The zero-order chi connectivity index (χ0) is 17.6. The summed E-state index contributed by atoms with van der Waals surface area (Å²) in [7, 11) is 0. The van der Waals surface area contributed by atoms with Crippen LogP contribution in [0.1, 0.15) is 35.8 Å². The predicted octanol–water partition coefficient (Wildman–Crippen LogP) is 3.64. The Bertz CT molecular complexity index is 963. The standard InChI is InChI=1S/C17H14F3N3O/c1-8(2)16-12(17(21)24)7-10-3-4-14(23(10)22-16)11-5-9(18)6-13(19)15(11)20/h3-8H,1-2H3,(H2,21,24). The lowest BCUT2D eigenvalue weighted by atomic mass is 10.0. The van der Waals surface area contributed by atoms with Gasteiger partial charge in [0.05, 0.1) is 22.5 Å². The smallest absolute Gasteiger partial charge is 0.250 e. The van der Waals surface area contributed by atoms with E-state index in [2.05, 4.69) is 5.10 Å². The van der Waals surface area contributed by atoms with Crippen LogP contribution in [0.5, 0.6) is 0 Å². The summed E-state index contributed by atoms with van der Waals surface area (Å²) >= 11 is 0. The first-order chi connectivity index (χ1) is 11.3. The van der Waals surface area contributed by atoms with Gasteiger partial charge in [-0.15, -0.1) is 0 Å². The highest BCUT2D eigenvalue weighted by Crippen LogP contribution is 2.29. The van der Waals surface area contributed by atoms with Crippen LogP contribution in [0.3, 0.4) is 0 Å². The number of amides is 1. The number of benzene rings is 1. The molecule has 124 valence electrons. The summed E-state index contributed by atoms with van der Waals surface area (Å²) in [6.45, 7) is 3.65. The Balaban J connectivity index is 2.32. The minimum absolute atomic E-state index is 0.124. The molecular weight excluding hydrogens is 319 g/mol. The van der Waals surface area contributed by atoms with Gasteiger partial charge in [0.25, 0.3) is 5.91 Å². The average Bonchev–Trinajstić information content (AvgIpc) is 2.92. The Hall–Kier alpha value is -2.83. The summed E-state index contributed by atoms with van der Waals surface area (Å²) in [6.07, 6.45) is 0. The molecular formula is C17H14F3N3O. The molecule has 0 spiro atoms. The van der Waals surface area contributed by atoms with Gasteiger partial charge in [-0.05, 0) is 30.2 Å². The lowest BCUT2D eigenvalue weighted by molar-refractivity contribution is 0.0998. The number of nitrogens with zero attached hydrogens (tertiary/aromatic N) is 2. The third-order valence-corrected chi connectivity index (χ3v) is 3.74. The lowest BCUT2D eigenvalue weighted by Crippen LogP contribution is -2.17. The van der Waals surface area contributed by atoms with Crippen molar-refractivity contribution in [2.75, 3.05) is 0 Å². The van der Waals surface area contributed by atoms with E-state index >= 15 is 0 Å². The van der Waals surface area contributed by atoms with Crippen LogP contribution in [0.25, 0.3) is 16.8 Å².